The van der Waals surface area contributed by atoms with Crippen LogP contribution in [0, 0.1) is 12.8 Å². The molecule has 0 heterocycles. The second-order valence-electron chi connectivity index (χ2n) is 6.05. The second kappa shape index (κ2) is 6.35. The number of carboxylic acid groups (broad SMARTS) is 1. The fourth-order valence-electron chi connectivity index (χ4n) is 2.94. The standard InChI is InChI=1S/C19H19NO4/c1-11-8-13(6-7-15(11)19(22)23)20-18(21)17-10-16(17)12-4-3-5-14(9-12)24-2/h3-9,16-17H,10H2,1-2H3,(H,20,21)(H,22,23). The molecule has 124 valence electrons. The number of aryl methyl sites for hydroxylation is 1. The molecule has 2 atom stereocenters. The van der Waals surface area contributed by atoms with Crippen LogP contribution in [0.4, 0.5) is 5.69 Å². The molecule has 1 aliphatic carbocycles. The van der Waals surface area contributed by atoms with Gasteiger partial charge in [-0.1, -0.05) is 12.1 Å². The number of carbonyl (C=O) groups is 2. The summed E-state index contributed by atoms with van der Waals surface area (Å²) in [5, 5.41) is 11.9. The Morgan fingerprint density at radius 1 is 1.21 bits per heavy atom. The molecule has 24 heavy (non-hydrogen) atoms. The van der Waals surface area contributed by atoms with E-state index in [2.05, 4.69) is 5.32 Å². The summed E-state index contributed by atoms with van der Waals surface area (Å²) in [5.74, 6) is -0.0644. The highest BCUT2D eigenvalue weighted by Gasteiger charge is 2.44. The maximum Gasteiger partial charge on any atom is 0.335 e. The Balaban J connectivity index is 1.66. The lowest BCUT2D eigenvalue weighted by atomic mass is 10.1. The Kier molecular flexibility index (Phi) is 4.25. The molecule has 0 aliphatic heterocycles. The monoisotopic (exact) mass is 325 g/mol. The van der Waals surface area contributed by atoms with Gasteiger partial charge in [0, 0.05) is 11.6 Å². The number of carbonyl (C=O) groups excluding carboxylic acids is 1. The first-order valence-corrected chi connectivity index (χ1v) is 7.78. The molecule has 1 saturated carbocycles. The van der Waals surface area contributed by atoms with Crippen LogP contribution in [0.2, 0.25) is 0 Å². The maximum absolute atomic E-state index is 12.4. The Labute approximate surface area is 140 Å². The predicted octanol–water partition coefficient (Wildman–Crippen LogP) is 3.44. The first-order chi connectivity index (χ1) is 11.5. The Morgan fingerprint density at radius 2 is 2.00 bits per heavy atom. The van der Waals surface area contributed by atoms with E-state index in [9.17, 15) is 9.59 Å². The van der Waals surface area contributed by atoms with E-state index >= 15 is 0 Å². The quantitative estimate of drug-likeness (QED) is 0.883. The molecule has 0 radical (unpaired) electrons. The van der Waals surface area contributed by atoms with Crippen molar-refractivity contribution in [1.29, 1.82) is 0 Å². The lowest BCUT2D eigenvalue weighted by Crippen LogP contribution is -2.15. The molecule has 2 aromatic rings. The minimum absolute atomic E-state index is 0.0368. The molecule has 1 fully saturated rings. The summed E-state index contributed by atoms with van der Waals surface area (Å²) in [5.41, 5.74) is 2.60. The number of anilines is 1. The molecule has 2 N–H and O–H groups in total. The van der Waals surface area contributed by atoms with Gasteiger partial charge in [-0.05, 0) is 60.7 Å². The molecule has 1 amide bonds. The smallest absolute Gasteiger partial charge is 0.335 e. The molecule has 0 aromatic heterocycles. The zero-order valence-corrected chi connectivity index (χ0v) is 13.6. The highest BCUT2D eigenvalue weighted by atomic mass is 16.5. The maximum atomic E-state index is 12.4. The third-order valence-electron chi connectivity index (χ3n) is 4.37. The number of ether oxygens (including phenoxy) is 1. The predicted molar refractivity (Wildman–Crippen MR) is 90.6 cm³/mol. The highest BCUT2D eigenvalue weighted by molar-refractivity contribution is 5.96. The molecule has 3 rings (SSSR count). The number of benzene rings is 2. The van der Waals surface area contributed by atoms with Crippen LogP contribution in [0.25, 0.3) is 0 Å². The molecular formula is C19H19NO4. The number of nitrogens with one attached hydrogen (secondary N) is 1. The fraction of sp³-hybridized carbons (Fsp3) is 0.263. The summed E-state index contributed by atoms with van der Waals surface area (Å²) in [6.45, 7) is 1.72. The normalized spacial score (nSPS) is 18.8. The average molecular weight is 325 g/mol. The number of hydrogen-bond acceptors (Lipinski definition) is 3. The lowest BCUT2D eigenvalue weighted by molar-refractivity contribution is -0.117. The molecule has 1 aliphatic rings. The Hall–Kier alpha value is -2.82. The summed E-state index contributed by atoms with van der Waals surface area (Å²) < 4.78 is 5.22. The van der Waals surface area contributed by atoms with Crippen molar-refractivity contribution in [2.45, 2.75) is 19.3 Å². The van der Waals surface area contributed by atoms with Crippen LogP contribution in [0.3, 0.4) is 0 Å². The van der Waals surface area contributed by atoms with Crippen LogP contribution in [0.15, 0.2) is 42.5 Å². The third kappa shape index (κ3) is 3.25. The third-order valence-corrected chi connectivity index (χ3v) is 4.37. The summed E-state index contributed by atoms with van der Waals surface area (Å²) >= 11 is 0. The Morgan fingerprint density at radius 3 is 2.67 bits per heavy atom. The molecule has 0 bridgehead atoms. The minimum Gasteiger partial charge on any atom is -0.497 e. The molecule has 5 nitrogen and oxygen atoms in total. The number of methoxy groups -OCH3 is 1. The van der Waals surface area contributed by atoms with E-state index in [1.165, 1.54) is 6.07 Å². The van der Waals surface area contributed by atoms with Crippen LogP contribution in [-0.2, 0) is 4.79 Å². The zero-order chi connectivity index (χ0) is 17.3. The van der Waals surface area contributed by atoms with E-state index in [4.69, 9.17) is 9.84 Å². The van der Waals surface area contributed by atoms with Crippen LogP contribution in [0.1, 0.15) is 33.8 Å². The van der Waals surface area contributed by atoms with E-state index in [0.29, 0.717) is 11.3 Å². The summed E-state index contributed by atoms with van der Waals surface area (Å²) in [6, 6.07) is 12.6. The molecule has 2 unspecified atom stereocenters. The molecule has 5 heteroatoms. The van der Waals surface area contributed by atoms with Gasteiger partial charge in [0.2, 0.25) is 5.91 Å². The van der Waals surface area contributed by atoms with Gasteiger partial charge in [-0.3, -0.25) is 4.79 Å². The van der Waals surface area contributed by atoms with Crippen molar-refractivity contribution in [3.05, 3.63) is 59.2 Å². The van der Waals surface area contributed by atoms with Gasteiger partial charge in [-0.15, -0.1) is 0 Å². The fourth-order valence-corrected chi connectivity index (χ4v) is 2.94. The van der Waals surface area contributed by atoms with Crippen LogP contribution < -0.4 is 10.1 Å². The van der Waals surface area contributed by atoms with Gasteiger partial charge in [0.05, 0.1) is 12.7 Å². The topological polar surface area (TPSA) is 75.6 Å². The molecule has 2 aromatic carbocycles. The lowest BCUT2D eigenvalue weighted by Gasteiger charge is -2.08. The number of hydrogen-bond donors (Lipinski definition) is 2. The summed E-state index contributed by atoms with van der Waals surface area (Å²) in [4.78, 5) is 23.4. The van der Waals surface area contributed by atoms with Crippen molar-refractivity contribution in [3.8, 4) is 5.75 Å². The van der Waals surface area contributed by atoms with Crippen molar-refractivity contribution in [3.63, 3.8) is 0 Å². The highest BCUT2D eigenvalue weighted by Crippen LogP contribution is 2.48. The minimum atomic E-state index is -0.967. The van der Waals surface area contributed by atoms with E-state index in [1.54, 1.807) is 26.2 Å². The zero-order valence-electron chi connectivity index (χ0n) is 13.6. The van der Waals surface area contributed by atoms with Gasteiger partial charge in [0.25, 0.3) is 0 Å². The van der Waals surface area contributed by atoms with Gasteiger partial charge in [0.15, 0.2) is 0 Å². The molecular weight excluding hydrogens is 306 g/mol. The van der Waals surface area contributed by atoms with Crippen molar-refractivity contribution < 1.29 is 19.4 Å². The van der Waals surface area contributed by atoms with Gasteiger partial charge in [0.1, 0.15) is 5.75 Å². The van der Waals surface area contributed by atoms with Gasteiger partial charge < -0.3 is 15.2 Å². The van der Waals surface area contributed by atoms with Crippen molar-refractivity contribution in [2.75, 3.05) is 12.4 Å². The summed E-state index contributed by atoms with van der Waals surface area (Å²) in [6.07, 6.45) is 0.811. The number of rotatable bonds is 5. The van der Waals surface area contributed by atoms with Crippen LogP contribution >= 0.6 is 0 Å². The van der Waals surface area contributed by atoms with Crippen LogP contribution in [0.5, 0.6) is 5.75 Å². The number of carboxylic acids is 1. The van der Waals surface area contributed by atoms with E-state index < -0.39 is 5.97 Å². The first kappa shape index (κ1) is 16.1. The largest absolute Gasteiger partial charge is 0.497 e. The number of amides is 1. The van der Waals surface area contributed by atoms with Crippen molar-refractivity contribution in [1.82, 2.24) is 0 Å². The van der Waals surface area contributed by atoms with Crippen molar-refractivity contribution >= 4 is 17.6 Å². The van der Waals surface area contributed by atoms with E-state index in [1.807, 2.05) is 24.3 Å². The Bertz CT molecular complexity index is 800. The van der Waals surface area contributed by atoms with E-state index in [-0.39, 0.29) is 23.3 Å². The average Bonchev–Trinajstić information content (AvgIpc) is 3.35. The molecule has 0 saturated heterocycles. The first-order valence-electron chi connectivity index (χ1n) is 7.78. The number of aromatic carboxylic acids is 1. The summed E-state index contributed by atoms with van der Waals surface area (Å²) in [7, 11) is 1.62. The van der Waals surface area contributed by atoms with Gasteiger partial charge >= 0.3 is 5.97 Å². The van der Waals surface area contributed by atoms with Crippen LogP contribution in [-0.4, -0.2) is 24.1 Å². The van der Waals surface area contributed by atoms with E-state index in [0.717, 1.165) is 17.7 Å². The SMILES string of the molecule is COc1cccc(C2CC2C(=O)Nc2ccc(C(=O)O)c(C)c2)c1. The van der Waals surface area contributed by atoms with Gasteiger partial charge in [-0.25, -0.2) is 4.79 Å². The van der Waals surface area contributed by atoms with Gasteiger partial charge in [-0.2, -0.15) is 0 Å². The van der Waals surface area contributed by atoms with Crippen molar-refractivity contribution in [2.24, 2.45) is 5.92 Å². The molecule has 0 spiro atoms. The second-order valence-corrected chi connectivity index (χ2v) is 6.05.